The molecular weight excluding hydrogens is 382 g/mol. The van der Waals surface area contributed by atoms with Crippen molar-refractivity contribution in [1.29, 1.82) is 0 Å². The summed E-state index contributed by atoms with van der Waals surface area (Å²) in [5.74, 6) is 0.783. The van der Waals surface area contributed by atoms with E-state index in [9.17, 15) is 0 Å². The zero-order valence-corrected chi connectivity index (χ0v) is 16.5. The second-order valence-electron chi connectivity index (χ2n) is 6.53. The van der Waals surface area contributed by atoms with Crippen LogP contribution in [0.25, 0.3) is 17.1 Å². The number of morpholine rings is 1. The summed E-state index contributed by atoms with van der Waals surface area (Å²) in [5.41, 5.74) is 1.89. The second kappa shape index (κ2) is 7.90. The van der Waals surface area contributed by atoms with E-state index in [0.717, 1.165) is 36.8 Å². The third kappa shape index (κ3) is 3.82. The van der Waals surface area contributed by atoms with Crippen LogP contribution >= 0.6 is 23.8 Å². The van der Waals surface area contributed by atoms with E-state index in [1.165, 1.54) is 0 Å². The summed E-state index contributed by atoms with van der Waals surface area (Å²) in [5, 5.41) is 5.52. The van der Waals surface area contributed by atoms with E-state index in [2.05, 4.69) is 16.8 Å². The molecule has 0 saturated carbocycles. The Hall–Kier alpha value is -2.06. The van der Waals surface area contributed by atoms with Crippen LogP contribution in [0.2, 0.25) is 5.02 Å². The van der Waals surface area contributed by atoms with Crippen molar-refractivity contribution in [3.63, 3.8) is 0 Å². The first-order chi connectivity index (χ1) is 13.1. The molecule has 1 atom stereocenters. The summed E-state index contributed by atoms with van der Waals surface area (Å²) in [6.07, 6.45) is 3.52. The van der Waals surface area contributed by atoms with E-state index < -0.39 is 0 Å². The lowest BCUT2D eigenvalue weighted by Crippen LogP contribution is -2.44. The molecule has 1 saturated heterocycles. The quantitative estimate of drug-likeness (QED) is 0.622. The Bertz CT molecular complexity index is 970. The van der Waals surface area contributed by atoms with Gasteiger partial charge in [0.05, 0.1) is 25.6 Å². The number of hydrogen-bond acceptors (Lipinski definition) is 5. The Morgan fingerprint density at radius 1 is 1.19 bits per heavy atom. The van der Waals surface area contributed by atoms with E-state index in [0.29, 0.717) is 22.5 Å². The first-order valence-electron chi connectivity index (χ1n) is 8.81. The van der Waals surface area contributed by atoms with E-state index in [1.807, 2.05) is 45.6 Å². The summed E-state index contributed by atoms with van der Waals surface area (Å²) < 4.78 is 10.0. The zero-order chi connectivity index (χ0) is 18.8. The van der Waals surface area contributed by atoms with Crippen molar-refractivity contribution in [3.8, 4) is 17.1 Å². The SMILES string of the molecule is CC1COCCN1Cn1nc(-c2ccncc2)n(-c2ccc(Cl)cc2)c1=S. The van der Waals surface area contributed by atoms with Crippen LogP contribution in [-0.4, -0.2) is 50.0 Å². The van der Waals surface area contributed by atoms with Gasteiger partial charge in [-0.05, 0) is 55.5 Å². The van der Waals surface area contributed by atoms with Gasteiger partial charge < -0.3 is 4.74 Å². The van der Waals surface area contributed by atoms with Crippen molar-refractivity contribution in [2.24, 2.45) is 0 Å². The van der Waals surface area contributed by atoms with Gasteiger partial charge in [0, 0.05) is 35.6 Å². The molecule has 4 rings (SSSR count). The molecule has 0 bridgehead atoms. The fourth-order valence-electron chi connectivity index (χ4n) is 3.15. The van der Waals surface area contributed by atoms with Crippen LogP contribution < -0.4 is 0 Å². The Kier molecular flexibility index (Phi) is 5.36. The number of aromatic nitrogens is 4. The molecule has 140 valence electrons. The maximum Gasteiger partial charge on any atom is 0.204 e. The minimum atomic E-state index is 0.325. The fraction of sp³-hybridized carbons (Fsp3) is 0.316. The Balaban J connectivity index is 1.79. The van der Waals surface area contributed by atoms with Crippen molar-refractivity contribution < 1.29 is 4.74 Å². The highest BCUT2D eigenvalue weighted by Gasteiger charge is 2.21. The highest BCUT2D eigenvalue weighted by atomic mass is 35.5. The largest absolute Gasteiger partial charge is 0.379 e. The van der Waals surface area contributed by atoms with Crippen molar-refractivity contribution in [1.82, 2.24) is 24.2 Å². The molecule has 1 aliphatic heterocycles. The highest BCUT2D eigenvalue weighted by molar-refractivity contribution is 7.71. The standard InChI is InChI=1S/C19H20ClN5OS/c1-14-12-26-11-10-23(14)13-24-19(27)25(17-4-2-16(20)3-5-17)18(22-24)15-6-8-21-9-7-15/h2-9,14H,10-13H2,1H3. The van der Waals surface area contributed by atoms with Crippen LogP contribution in [0.4, 0.5) is 0 Å². The average molecular weight is 402 g/mol. The molecule has 0 amide bonds. The molecule has 8 heteroatoms. The Labute approximate surface area is 168 Å². The number of halogens is 1. The third-order valence-electron chi connectivity index (χ3n) is 4.68. The Morgan fingerprint density at radius 2 is 1.93 bits per heavy atom. The zero-order valence-electron chi connectivity index (χ0n) is 15.0. The number of pyridine rings is 1. The van der Waals surface area contributed by atoms with E-state index in [4.69, 9.17) is 33.7 Å². The van der Waals surface area contributed by atoms with Gasteiger partial charge in [0.2, 0.25) is 4.77 Å². The molecule has 0 N–H and O–H groups in total. The van der Waals surface area contributed by atoms with Crippen molar-refractivity contribution >= 4 is 23.8 Å². The molecule has 0 radical (unpaired) electrons. The van der Waals surface area contributed by atoms with Crippen LogP contribution in [0.5, 0.6) is 0 Å². The summed E-state index contributed by atoms with van der Waals surface area (Å²) in [7, 11) is 0. The van der Waals surface area contributed by atoms with Crippen LogP contribution in [-0.2, 0) is 11.4 Å². The number of hydrogen-bond donors (Lipinski definition) is 0. The average Bonchev–Trinajstić information content (AvgIpc) is 3.01. The minimum absolute atomic E-state index is 0.325. The van der Waals surface area contributed by atoms with E-state index >= 15 is 0 Å². The lowest BCUT2D eigenvalue weighted by molar-refractivity contribution is -0.0175. The van der Waals surface area contributed by atoms with Crippen molar-refractivity contribution in [2.45, 2.75) is 19.6 Å². The van der Waals surface area contributed by atoms with Crippen LogP contribution in [0.1, 0.15) is 6.92 Å². The van der Waals surface area contributed by atoms with Gasteiger partial charge in [0.25, 0.3) is 0 Å². The van der Waals surface area contributed by atoms with Gasteiger partial charge in [-0.3, -0.25) is 14.5 Å². The van der Waals surface area contributed by atoms with Gasteiger partial charge in [0.1, 0.15) is 0 Å². The molecule has 3 heterocycles. The van der Waals surface area contributed by atoms with Gasteiger partial charge in [0.15, 0.2) is 5.82 Å². The molecule has 0 aliphatic carbocycles. The number of ether oxygens (including phenoxy) is 1. The first-order valence-corrected chi connectivity index (χ1v) is 9.60. The predicted octanol–water partition coefficient (Wildman–Crippen LogP) is 3.80. The van der Waals surface area contributed by atoms with Gasteiger partial charge >= 0.3 is 0 Å². The monoisotopic (exact) mass is 401 g/mol. The van der Waals surface area contributed by atoms with Crippen LogP contribution in [0.3, 0.4) is 0 Å². The van der Waals surface area contributed by atoms with Gasteiger partial charge in [-0.25, -0.2) is 4.68 Å². The normalized spacial score (nSPS) is 17.9. The maximum absolute atomic E-state index is 6.06. The molecule has 6 nitrogen and oxygen atoms in total. The molecule has 0 spiro atoms. The summed E-state index contributed by atoms with van der Waals surface area (Å²) in [6, 6.07) is 11.8. The van der Waals surface area contributed by atoms with Crippen molar-refractivity contribution in [3.05, 3.63) is 58.6 Å². The number of benzene rings is 1. The molecule has 27 heavy (non-hydrogen) atoms. The first kappa shape index (κ1) is 18.3. The topological polar surface area (TPSA) is 48.1 Å². The van der Waals surface area contributed by atoms with Gasteiger partial charge in [-0.1, -0.05) is 11.6 Å². The molecule has 1 aliphatic rings. The highest BCUT2D eigenvalue weighted by Crippen LogP contribution is 2.24. The lowest BCUT2D eigenvalue weighted by atomic mass is 10.2. The minimum Gasteiger partial charge on any atom is -0.379 e. The van der Waals surface area contributed by atoms with Gasteiger partial charge in [-0.2, -0.15) is 0 Å². The smallest absolute Gasteiger partial charge is 0.204 e. The number of rotatable bonds is 4. The molecular formula is C19H20ClN5OS. The van der Waals surface area contributed by atoms with E-state index in [1.54, 1.807) is 12.4 Å². The summed E-state index contributed by atoms with van der Waals surface area (Å²) in [6.45, 7) is 5.10. The Morgan fingerprint density at radius 3 is 2.63 bits per heavy atom. The van der Waals surface area contributed by atoms with Crippen LogP contribution in [0.15, 0.2) is 48.8 Å². The molecule has 2 aromatic heterocycles. The van der Waals surface area contributed by atoms with Crippen LogP contribution in [0, 0.1) is 4.77 Å². The fourth-order valence-corrected chi connectivity index (χ4v) is 3.57. The summed E-state index contributed by atoms with van der Waals surface area (Å²) in [4.78, 5) is 6.44. The van der Waals surface area contributed by atoms with Crippen molar-refractivity contribution in [2.75, 3.05) is 19.8 Å². The third-order valence-corrected chi connectivity index (χ3v) is 5.33. The predicted molar refractivity (Wildman–Crippen MR) is 108 cm³/mol. The van der Waals surface area contributed by atoms with Gasteiger partial charge in [-0.15, -0.1) is 5.10 Å². The molecule has 1 unspecified atom stereocenters. The van der Waals surface area contributed by atoms with E-state index in [-0.39, 0.29) is 0 Å². The maximum atomic E-state index is 6.06. The molecule has 1 fully saturated rings. The summed E-state index contributed by atoms with van der Waals surface area (Å²) >= 11 is 11.9. The second-order valence-corrected chi connectivity index (χ2v) is 7.33. The molecule has 3 aromatic rings. The lowest BCUT2D eigenvalue weighted by Gasteiger charge is -2.32. The molecule has 1 aromatic carbocycles. The number of nitrogens with zero attached hydrogens (tertiary/aromatic N) is 5.